The van der Waals surface area contributed by atoms with Crippen molar-refractivity contribution in [3.63, 3.8) is 0 Å². The molecule has 0 amide bonds. The van der Waals surface area contributed by atoms with Crippen molar-refractivity contribution in [3.8, 4) is 0 Å². The highest BCUT2D eigenvalue weighted by Crippen LogP contribution is 2.14. The number of guanidine groups is 1. The number of anilines is 1. The predicted octanol–water partition coefficient (Wildman–Crippen LogP) is 0.502. The van der Waals surface area contributed by atoms with Crippen LogP contribution in [0.2, 0.25) is 0 Å². The van der Waals surface area contributed by atoms with Crippen LogP contribution in [0.4, 0.5) is 5.69 Å². The van der Waals surface area contributed by atoms with Crippen LogP contribution in [0.15, 0.2) is 29.3 Å². The van der Waals surface area contributed by atoms with Gasteiger partial charge in [0.2, 0.25) is 0 Å². The maximum absolute atomic E-state index is 5.24. The number of hydrogen-bond donors (Lipinski definition) is 3. The Bertz CT molecular complexity index is 302. The number of nitrogens with zero attached hydrogens (tertiary/aromatic N) is 1. The lowest BCUT2D eigenvalue weighted by Crippen LogP contribution is -2.22. The summed E-state index contributed by atoms with van der Waals surface area (Å²) in [4.78, 5) is 3.94. The van der Waals surface area contributed by atoms with Gasteiger partial charge in [0.1, 0.15) is 0 Å². The number of nitrogens with one attached hydrogen (secondary N) is 1. The minimum atomic E-state index is 0.117. The molecule has 0 aliphatic heterocycles. The molecule has 1 rings (SSSR count). The topological polar surface area (TPSA) is 76.4 Å². The third-order valence-electron chi connectivity index (χ3n) is 1.72. The molecule has 1 aromatic carbocycles. The van der Waals surface area contributed by atoms with E-state index in [-0.39, 0.29) is 5.96 Å². The monoisotopic (exact) mass is 178 g/mol. The molecule has 1 aromatic rings. The van der Waals surface area contributed by atoms with Crippen LogP contribution in [0, 0.1) is 0 Å². The first-order valence-corrected chi connectivity index (χ1v) is 4.05. The summed E-state index contributed by atoms with van der Waals surface area (Å²) < 4.78 is 0. The number of para-hydroxylation sites is 1. The Kier molecular flexibility index (Phi) is 3.14. The second kappa shape index (κ2) is 4.35. The lowest BCUT2D eigenvalue weighted by Gasteiger charge is -2.05. The van der Waals surface area contributed by atoms with Gasteiger partial charge >= 0.3 is 0 Å². The molecule has 4 heteroatoms. The maximum atomic E-state index is 5.24. The van der Waals surface area contributed by atoms with Gasteiger partial charge in [-0.25, -0.2) is 4.99 Å². The van der Waals surface area contributed by atoms with Crippen molar-refractivity contribution in [1.29, 1.82) is 0 Å². The van der Waals surface area contributed by atoms with Crippen molar-refractivity contribution in [2.24, 2.45) is 16.5 Å². The maximum Gasteiger partial charge on any atom is 0.186 e. The van der Waals surface area contributed by atoms with E-state index in [4.69, 9.17) is 11.5 Å². The molecule has 4 nitrogen and oxygen atoms in total. The fraction of sp³-hybridized carbons (Fsp3) is 0.222. The van der Waals surface area contributed by atoms with Gasteiger partial charge in [0.15, 0.2) is 5.96 Å². The first-order chi connectivity index (χ1) is 6.24. The number of nitrogens with two attached hydrogens (primary N) is 2. The van der Waals surface area contributed by atoms with Crippen molar-refractivity contribution in [3.05, 3.63) is 29.8 Å². The van der Waals surface area contributed by atoms with Crippen LogP contribution < -0.4 is 16.8 Å². The van der Waals surface area contributed by atoms with Gasteiger partial charge in [-0.2, -0.15) is 0 Å². The van der Waals surface area contributed by atoms with Crippen LogP contribution in [0.3, 0.4) is 0 Å². The molecule has 0 unspecified atom stereocenters. The molecule has 0 atom stereocenters. The molecule has 70 valence electrons. The summed E-state index contributed by atoms with van der Waals surface area (Å²) in [5.41, 5.74) is 12.6. The molecular formula is C9H14N4. The van der Waals surface area contributed by atoms with Gasteiger partial charge in [-0.1, -0.05) is 18.2 Å². The van der Waals surface area contributed by atoms with E-state index in [0.717, 1.165) is 11.3 Å². The Morgan fingerprint density at radius 1 is 1.38 bits per heavy atom. The molecule has 0 radical (unpaired) electrons. The third-order valence-corrected chi connectivity index (χ3v) is 1.72. The van der Waals surface area contributed by atoms with Crippen molar-refractivity contribution in [1.82, 2.24) is 0 Å². The summed E-state index contributed by atoms with van der Waals surface area (Å²) in [5.74, 6) is 0.117. The molecule has 0 saturated heterocycles. The molecule has 0 aromatic heterocycles. The fourth-order valence-electron chi connectivity index (χ4n) is 1.08. The van der Waals surface area contributed by atoms with E-state index in [0.29, 0.717) is 6.54 Å². The number of aliphatic imine (C=N–C) groups is 1. The van der Waals surface area contributed by atoms with Crippen LogP contribution in [-0.2, 0) is 6.54 Å². The second-order valence-corrected chi connectivity index (χ2v) is 2.65. The second-order valence-electron chi connectivity index (χ2n) is 2.65. The van der Waals surface area contributed by atoms with E-state index < -0.39 is 0 Å². The highest BCUT2D eigenvalue weighted by atomic mass is 15.0. The largest absolute Gasteiger partial charge is 0.388 e. The molecule has 0 saturated carbocycles. The van der Waals surface area contributed by atoms with Gasteiger partial charge in [-0.05, 0) is 11.6 Å². The number of hydrogen-bond acceptors (Lipinski definition) is 2. The average molecular weight is 178 g/mol. The van der Waals surface area contributed by atoms with Gasteiger partial charge in [0, 0.05) is 12.7 Å². The van der Waals surface area contributed by atoms with Gasteiger partial charge < -0.3 is 16.8 Å². The highest BCUT2D eigenvalue weighted by molar-refractivity contribution is 5.75. The lowest BCUT2D eigenvalue weighted by atomic mass is 10.2. The normalized spacial score (nSPS) is 9.31. The Labute approximate surface area is 77.7 Å². The average Bonchev–Trinajstić information content (AvgIpc) is 2.15. The summed E-state index contributed by atoms with van der Waals surface area (Å²) in [6, 6.07) is 7.89. The Hall–Kier alpha value is -1.71. The Balaban J connectivity index is 2.81. The zero-order chi connectivity index (χ0) is 9.68. The molecule has 5 N–H and O–H groups in total. The van der Waals surface area contributed by atoms with Gasteiger partial charge in [-0.3, -0.25) is 0 Å². The quantitative estimate of drug-likeness (QED) is 0.466. The number of benzene rings is 1. The van der Waals surface area contributed by atoms with E-state index in [1.807, 2.05) is 31.3 Å². The SMILES string of the molecule is CNc1ccccc1CN=C(N)N. The Morgan fingerprint density at radius 3 is 2.69 bits per heavy atom. The van der Waals surface area contributed by atoms with E-state index in [1.54, 1.807) is 0 Å². The van der Waals surface area contributed by atoms with Crippen LogP contribution in [0.5, 0.6) is 0 Å². The third kappa shape index (κ3) is 2.66. The van der Waals surface area contributed by atoms with Crippen LogP contribution in [0.25, 0.3) is 0 Å². The number of rotatable bonds is 3. The summed E-state index contributed by atoms with van der Waals surface area (Å²) in [6.07, 6.45) is 0. The highest BCUT2D eigenvalue weighted by Gasteiger charge is 1.97. The van der Waals surface area contributed by atoms with Gasteiger partial charge in [-0.15, -0.1) is 0 Å². The first kappa shape index (κ1) is 9.38. The van der Waals surface area contributed by atoms with Crippen LogP contribution in [0.1, 0.15) is 5.56 Å². The summed E-state index contributed by atoms with van der Waals surface area (Å²) in [7, 11) is 1.87. The summed E-state index contributed by atoms with van der Waals surface area (Å²) in [5, 5.41) is 3.07. The standard InChI is InChI=1S/C9H14N4/c1-12-8-5-3-2-4-7(8)6-13-9(10)11/h2-5,12H,6H2,1H3,(H4,10,11,13). The van der Waals surface area contributed by atoms with Gasteiger partial charge in [0.05, 0.1) is 6.54 Å². The Morgan fingerprint density at radius 2 is 2.08 bits per heavy atom. The molecule has 0 aliphatic carbocycles. The minimum absolute atomic E-state index is 0.117. The van der Waals surface area contributed by atoms with Crippen molar-refractivity contribution < 1.29 is 0 Å². The van der Waals surface area contributed by atoms with Gasteiger partial charge in [0.25, 0.3) is 0 Å². The molecule has 0 fully saturated rings. The predicted molar refractivity (Wildman–Crippen MR) is 55.5 cm³/mol. The summed E-state index contributed by atoms with van der Waals surface area (Å²) >= 11 is 0. The summed E-state index contributed by atoms with van der Waals surface area (Å²) in [6.45, 7) is 0.513. The van der Waals surface area contributed by atoms with E-state index in [9.17, 15) is 0 Å². The van der Waals surface area contributed by atoms with E-state index >= 15 is 0 Å². The molecular weight excluding hydrogens is 164 g/mol. The zero-order valence-electron chi connectivity index (χ0n) is 7.62. The van der Waals surface area contributed by atoms with Crippen LogP contribution in [-0.4, -0.2) is 13.0 Å². The van der Waals surface area contributed by atoms with Crippen molar-refractivity contribution in [2.75, 3.05) is 12.4 Å². The van der Waals surface area contributed by atoms with Crippen molar-refractivity contribution >= 4 is 11.6 Å². The van der Waals surface area contributed by atoms with Crippen molar-refractivity contribution in [2.45, 2.75) is 6.54 Å². The first-order valence-electron chi connectivity index (χ1n) is 4.05. The fourth-order valence-corrected chi connectivity index (χ4v) is 1.08. The van der Waals surface area contributed by atoms with E-state index in [2.05, 4.69) is 10.3 Å². The molecule has 0 bridgehead atoms. The smallest absolute Gasteiger partial charge is 0.186 e. The van der Waals surface area contributed by atoms with Crippen LogP contribution >= 0.6 is 0 Å². The molecule has 0 spiro atoms. The molecule has 13 heavy (non-hydrogen) atoms. The molecule has 0 heterocycles. The molecule has 0 aliphatic rings. The lowest BCUT2D eigenvalue weighted by molar-refractivity contribution is 1.05. The zero-order valence-corrected chi connectivity index (χ0v) is 7.62. The minimum Gasteiger partial charge on any atom is -0.388 e. The van der Waals surface area contributed by atoms with E-state index in [1.165, 1.54) is 0 Å².